The molecule has 0 radical (unpaired) electrons. The van der Waals surface area contributed by atoms with Gasteiger partial charge < -0.3 is 9.47 Å². The van der Waals surface area contributed by atoms with Crippen molar-refractivity contribution in [3.63, 3.8) is 0 Å². The highest BCUT2D eigenvalue weighted by molar-refractivity contribution is 9.09. The van der Waals surface area contributed by atoms with Crippen LogP contribution in [0.4, 0.5) is 0 Å². The fraction of sp³-hybridized carbons (Fsp3) is 0.462. The molecule has 0 amide bonds. The van der Waals surface area contributed by atoms with E-state index in [1.165, 1.54) is 5.56 Å². The molecule has 0 N–H and O–H groups in total. The lowest BCUT2D eigenvalue weighted by Crippen LogP contribution is -2.14. The van der Waals surface area contributed by atoms with E-state index in [0.717, 1.165) is 17.3 Å². The average molecular weight is 336 g/mol. The topological polar surface area (TPSA) is 35.5 Å². The summed E-state index contributed by atoms with van der Waals surface area (Å²) in [6.45, 7) is 3.97. The summed E-state index contributed by atoms with van der Waals surface area (Å²) in [5, 5.41) is 1.40. The number of alkyl halides is 1. The lowest BCUT2D eigenvalue weighted by molar-refractivity contribution is -0.145. The van der Waals surface area contributed by atoms with E-state index in [1.807, 2.05) is 19.1 Å². The molecule has 0 spiro atoms. The molecule has 0 saturated heterocycles. The van der Waals surface area contributed by atoms with E-state index in [4.69, 9.17) is 21.1 Å². The molecule has 0 aromatic heterocycles. The zero-order valence-electron chi connectivity index (χ0n) is 10.5. The third-order valence-corrected chi connectivity index (χ3v) is 3.10. The summed E-state index contributed by atoms with van der Waals surface area (Å²) in [5.74, 6) is 0.122. The molecule has 3 nitrogen and oxygen atoms in total. The maximum absolute atomic E-state index is 11.2. The predicted octanol–water partition coefficient (Wildman–Crippen LogP) is 3.53. The van der Waals surface area contributed by atoms with Crippen molar-refractivity contribution in [2.75, 3.05) is 18.5 Å². The Labute approximate surface area is 121 Å². The van der Waals surface area contributed by atoms with Crippen LogP contribution in [0.3, 0.4) is 0 Å². The zero-order chi connectivity index (χ0) is 13.5. The second kappa shape index (κ2) is 7.64. The van der Waals surface area contributed by atoms with Crippen LogP contribution in [0.15, 0.2) is 12.1 Å². The van der Waals surface area contributed by atoms with Crippen LogP contribution in [0.2, 0.25) is 5.02 Å². The van der Waals surface area contributed by atoms with Gasteiger partial charge in [0.15, 0.2) is 6.61 Å². The second-order valence-electron chi connectivity index (χ2n) is 3.74. The van der Waals surface area contributed by atoms with Gasteiger partial charge in [0, 0.05) is 5.33 Å². The van der Waals surface area contributed by atoms with Gasteiger partial charge in [-0.3, -0.25) is 0 Å². The highest BCUT2D eigenvalue weighted by atomic mass is 79.9. The highest BCUT2D eigenvalue weighted by Gasteiger charge is 2.09. The molecule has 0 saturated carbocycles. The van der Waals surface area contributed by atoms with Gasteiger partial charge in [0.1, 0.15) is 5.75 Å². The van der Waals surface area contributed by atoms with Crippen LogP contribution in [-0.4, -0.2) is 24.5 Å². The van der Waals surface area contributed by atoms with Crippen molar-refractivity contribution in [1.82, 2.24) is 0 Å². The lowest BCUT2D eigenvalue weighted by atomic mass is 10.1. The first-order chi connectivity index (χ1) is 8.58. The Hall–Kier alpha value is -0.740. The summed E-state index contributed by atoms with van der Waals surface area (Å²) >= 11 is 9.50. The second-order valence-corrected chi connectivity index (χ2v) is 4.94. The standard InChI is InChI=1S/C13H16BrClO3/c1-3-17-13(16)8-18-12-6-9(2)10(4-5-14)7-11(12)15/h6-7H,3-5,8H2,1-2H3. The Morgan fingerprint density at radius 3 is 2.78 bits per heavy atom. The number of esters is 1. The van der Waals surface area contributed by atoms with Crippen LogP contribution in [0.5, 0.6) is 5.75 Å². The fourth-order valence-corrected chi connectivity index (χ4v) is 2.19. The number of rotatable bonds is 6. The number of hydrogen-bond donors (Lipinski definition) is 0. The first-order valence-electron chi connectivity index (χ1n) is 5.71. The van der Waals surface area contributed by atoms with Crippen LogP contribution < -0.4 is 4.74 Å². The monoisotopic (exact) mass is 334 g/mol. The van der Waals surface area contributed by atoms with E-state index < -0.39 is 5.97 Å². The van der Waals surface area contributed by atoms with Crippen LogP contribution in [-0.2, 0) is 16.0 Å². The lowest BCUT2D eigenvalue weighted by Gasteiger charge is -2.11. The minimum Gasteiger partial charge on any atom is -0.480 e. The van der Waals surface area contributed by atoms with Crippen LogP contribution >= 0.6 is 27.5 Å². The van der Waals surface area contributed by atoms with E-state index in [2.05, 4.69) is 15.9 Å². The third kappa shape index (κ3) is 4.50. The summed E-state index contributed by atoms with van der Waals surface area (Å²) in [5.41, 5.74) is 2.26. The first kappa shape index (κ1) is 15.3. The Morgan fingerprint density at radius 2 is 2.17 bits per heavy atom. The molecule has 1 aromatic rings. The number of benzene rings is 1. The molecule has 1 aromatic carbocycles. The normalized spacial score (nSPS) is 10.2. The van der Waals surface area contributed by atoms with Gasteiger partial charge >= 0.3 is 5.97 Å². The molecule has 100 valence electrons. The molecule has 0 aliphatic carbocycles. The van der Waals surface area contributed by atoms with Crippen molar-refractivity contribution < 1.29 is 14.3 Å². The summed E-state index contributed by atoms with van der Waals surface area (Å²) in [6.07, 6.45) is 0.906. The largest absolute Gasteiger partial charge is 0.480 e. The first-order valence-corrected chi connectivity index (χ1v) is 7.21. The van der Waals surface area contributed by atoms with Gasteiger partial charge in [0.25, 0.3) is 0 Å². The number of hydrogen-bond acceptors (Lipinski definition) is 3. The molecule has 0 heterocycles. The van der Waals surface area contributed by atoms with Crippen molar-refractivity contribution in [3.05, 3.63) is 28.3 Å². The highest BCUT2D eigenvalue weighted by Crippen LogP contribution is 2.28. The van der Waals surface area contributed by atoms with Gasteiger partial charge in [-0.15, -0.1) is 0 Å². The average Bonchev–Trinajstić information content (AvgIpc) is 2.32. The molecule has 0 aliphatic heterocycles. The SMILES string of the molecule is CCOC(=O)COc1cc(C)c(CCBr)cc1Cl. The van der Waals surface area contributed by atoms with Crippen molar-refractivity contribution >= 4 is 33.5 Å². The Bertz CT molecular complexity index is 421. The Balaban J connectivity index is 2.72. The number of aryl methyl sites for hydroxylation is 2. The van der Waals surface area contributed by atoms with E-state index in [0.29, 0.717) is 17.4 Å². The van der Waals surface area contributed by atoms with E-state index in [9.17, 15) is 4.79 Å². The number of halogens is 2. The summed E-state index contributed by atoms with van der Waals surface area (Å²) in [6, 6.07) is 3.72. The third-order valence-electron chi connectivity index (χ3n) is 2.41. The fourth-order valence-electron chi connectivity index (χ4n) is 1.52. The van der Waals surface area contributed by atoms with Crippen molar-refractivity contribution in [2.45, 2.75) is 20.3 Å². The van der Waals surface area contributed by atoms with Crippen molar-refractivity contribution in [2.24, 2.45) is 0 Å². The minimum absolute atomic E-state index is 0.120. The molecule has 0 fully saturated rings. The molecule has 5 heteroatoms. The molecule has 1 rings (SSSR count). The summed E-state index contributed by atoms with van der Waals surface area (Å²) in [7, 11) is 0. The maximum Gasteiger partial charge on any atom is 0.344 e. The van der Waals surface area contributed by atoms with Crippen LogP contribution in [0.25, 0.3) is 0 Å². The van der Waals surface area contributed by atoms with E-state index >= 15 is 0 Å². The van der Waals surface area contributed by atoms with E-state index in [1.54, 1.807) is 6.92 Å². The molecular formula is C13H16BrClO3. The number of ether oxygens (including phenoxy) is 2. The molecule has 0 atom stereocenters. The predicted molar refractivity (Wildman–Crippen MR) is 75.8 cm³/mol. The Morgan fingerprint density at radius 1 is 1.44 bits per heavy atom. The molecule has 0 bridgehead atoms. The number of carbonyl (C=O) groups is 1. The molecule has 0 unspecified atom stereocenters. The van der Waals surface area contributed by atoms with Gasteiger partial charge in [0.2, 0.25) is 0 Å². The van der Waals surface area contributed by atoms with Crippen molar-refractivity contribution in [1.29, 1.82) is 0 Å². The van der Waals surface area contributed by atoms with Crippen LogP contribution in [0.1, 0.15) is 18.1 Å². The minimum atomic E-state index is -0.393. The molecule has 18 heavy (non-hydrogen) atoms. The smallest absolute Gasteiger partial charge is 0.344 e. The van der Waals surface area contributed by atoms with Gasteiger partial charge in [-0.1, -0.05) is 27.5 Å². The molecule has 0 aliphatic rings. The van der Waals surface area contributed by atoms with Gasteiger partial charge in [0.05, 0.1) is 11.6 Å². The Kier molecular flexibility index (Phi) is 6.50. The van der Waals surface area contributed by atoms with Crippen molar-refractivity contribution in [3.8, 4) is 5.75 Å². The van der Waals surface area contributed by atoms with E-state index in [-0.39, 0.29) is 6.61 Å². The van der Waals surface area contributed by atoms with Crippen LogP contribution in [0, 0.1) is 6.92 Å². The summed E-state index contributed by atoms with van der Waals surface area (Å²) in [4.78, 5) is 11.2. The van der Waals surface area contributed by atoms with Gasteiger partial charge in [-0.05, 0) is 43.5 Å². The molecular weight excluding hydrogens is 319 g/mol. The summed E-state index contributed by atoms with van der Waals surface area (Å²) < 4.78 is 10.1. The maximum atomic E-state index is 11.2. The van der Waals surface area contributed by atoms with Gasteiger partial charge in [-0.2, -0.15) is 0 Å². The van der Waals surface area contributed by atoms with Gasteiger partial charge in [-0.25, -0.2) is 4.79 Å². The quantitative estimate of drug-likeness (QED) is 0.589. The number of carbonyl (C=O) groups excluding carboxylic acids is 1. The zero-order valence-corrected chi connectivity index (χ0v) is 12.8.